The predicted octanol–water partition coefficient (Wildman–Crippen LogP) is 2.25. The average molecular weight is 160 g/mol. The quantitative estimate of drug-likeness (QED) is 0.557. The lowest BCUT2D eigenvalue weighted by molar-refractivity contribution is 0.355. The number of hydrogen-bond acceptors (Lipinski definition) is 1. The summed E-state index contributed by atoms with van der Waals surface area (Å²) in [5.74, 6) is 0. The second kappa shape index (κ2) is 6.84. The van der Waals surface area contributed by atoms with Crippen LogP contribution in [0.5, 0.6) is 0 Å². The van der Waals surface area contributed by atoms with Crippen molar-refractivity contribution in [3.8, 4) is 0 Å². The molecule has 2 heteroatoms. The number of rotatable bonds is 5. The normalized spacial score (nSPS) is 11.1. The van der Waals surface area contributed by atoms with Crippen molar-refractivity contribution in [3.05, 3.63) is 24.3 Å². The number of likely N-dealkylation sites (N-methyl/N-ethyl adjacent to an activating group) is 1. The summed E-state index contributed by atoms with van der Waals surface area (Å²) in [6, 6.07) is 0. The molecule has 58 valence electrons. The third kappa shape index (κ3) is 4.59. The van der Waals surface area contributed by atoms with E-state index in [1.165, 1.54) is 0 Å². The molecule has 0 spiro atoms. The highest BCUT2D eigenvalue weighted by atomic mass is 35.5. The Kier molecular flexibility index (Phi) is 6.66. The SMILES string of the molecule is C=CCN(CC)CC=CCl. The Hall–Kier alpha value is -0.270. The monoisotopic (exact) mass is 159 g/mol. The Balaban J connectivity index is 3.48. The molecule has 0 rings (SSSR count). The minimum absolute atomic E-state index is 0.909. The maximum absolute atomic E-state index is 5.37. The molecule has 0 unspecified atom stereocenters. The van der Waals surface area contributed by atoms with Gasteiger partial charge in [-0.1, -0.05) is 30.7 Å². The summed E-state index contributed by atoms with van der Waals surface area (Å²) in [5, 5.41) is 0. The second-order valence-electron chi connectivity index (χ2n) is 2.00. The first-order chi connectivity index (χ1) is 4.85. The molecular weight excluding hydrogens is 146 g/mol. The van der Waals surface area contributed by atoms with Gasteiger partial charge in [0.1, 0.15) is 0 Å². The van der Waals surface area contributed by atoms with Gasteiger partial charge in [0, 0.05) is 18.6 Å². The lowest BCUT2D eigenvalue weighted by Crippen LogP contribution is -2.23. The smallest absolute Gasteiger partial charge is 0.0177 e. The van der Waals surface area contributed by atoms with E-state index in [1.54, 1.807) is 5.54 Å². The molecule has 0 aliphatic heterocycles. The molecule has 0 heterocycles. The first-order valence-corrected chi connectivity index (χ1v) is 3.87. The van der Waals surface area contributed by atoms with Crippen LogP contribution in [0.1, 0.15) is 6.92 Å². The summed E-state index contributed by atoms with van der Waals surface area (Å²) in [6.07, 6.45) is 3.82. The summed E-state index contributed by atoms with van der Waals surface area (Å²) < 4.78 is 0. The maximum Gasteiger partial charge on any atom is 0.0177 e. The second-order valence-corrected chi connectivity index (χ2v) is 2.25. The van der Waals surface area contributed by atoms with Gasteiger partial charge in [-0.05, 0) is 6.54 Å². The van der Waals surface area contributed by atoms with Crippen molar-refractivity contribution in [2.24, 2.45) is 0 Å². The van der Waals surface area contributed by atoms with Crippen molar-refractivity contribution in [3.63, 3.8) is 0 Å². The number of nitrogens with zero attached hydrogens (tertiary/aromatic N) is 1. The average Bonchev–Trinajstić information content (AvgIpc) is 1.98. The molecule has 0 amide bonds. The lowest BCUT2D eigenvalue weighted by atomic mass is 10.4. The molecule has 1 nitrogen and oxygen atoms in total. The maximum atomic E-state index is 5.37. The molecule has 0 atom stereocenters. The molecule has 0 saturated heterocycles. The van der Waals surface area contributed by atoms with Gasteiger partial charge in [0.25, 0.3) is 0 Å². The van der Waals surface area contributed by atoms with Crippen LogP contribution in [-0.2, 0) is 0 Å². The standard InChI is InChI=1S/C8H14ClN/c1-3-7-10(4-2)8-5-6-9/h3,5-6H,1,4,7-8H2,2H3. The largest absolute Gasteiger partial charge is 0.296 e. The van der Waals surface area contributed by atoms with Crippen molar-refractivity contribution in [1.29, 1.82) is 0 Å². The van der Waals surface area contributed by atoms with Crippen LogP contribution in [0, 0.1) is 0 Å². The molecule has 0 aliphatic rings. The Labute approximate surface area is 68.0 Å². The predicted molar refractivity (Wildman–Crippen MR) is 47.3 cm³/mol. The highest BCUT2D eigenvalue weighted by molar-refractivity contribution is 6.25. The molecule has 0 aliphatic carbocycles. The molecule has 0 aromatic rings. The van der Waals surface area contributed by atoms with Crippen molar-refractivity contribution >= 4 is 11.6 Å². The molecule has 0 aromatic carbocycles. The fraction of sp³-hybridized carbons (Fsp3) is 0.500. The van der Waals surface area contributed by atoms with Gasteiger partial charge in [0.2, 0.25) is 0 Å². The van der Waals surface area contributed by atoms with Gasteiger partial charge in [-0.15, -0.1) is 6.58 Å². The molecule has 0 bridgehead atoms. The minimum Gasteiger partial charge on any atom is -0.296 e. The van der Waals surface area contributed by atoms with Crippen LogP contribution in [0.25, 0.3) is 0 Å². The van der Waals surface area contributed by atoms with Gasteiger partial charge < -0.3 is 0 Å². The third-order valence-electron chi connectivity index (χ3n) is 1.29. The van der Waals surface area contributed by atoms with Gasteiger partial charge in [0.15, 0.2) is 0 Å². The van der Waals surface area contributed by atoms with E-state index in [0.29, 0.717) is 0 Å². The summed E-state index contributed by atoms with van der Waals surface area (Å²) in [6.45, 7) is 8.65. The Morgan fingerprint density at radius 2 is 2.20 bits per heavy atom. The summed E-state index contributed by atoms with van der Waals surface area (Å²) in [4.78, 5) is 2.23. The van der Waals surface area contributed by atoms with Crippen LogP contribution in [0.2, 0.25) is 0 Å². The third-order valence-corrected chi connectivity index (χ3v) is 1.47. The molecule has 0 fully saturated rings. The molecule has 0 saturated carbocycles. The van der Waals surface area contributed by atoms with Gasteiger partial charge in [-0.3, -0.25) is 4.90 Å². The zero-order valence-corrected chi connectivity index (χ0v) is 7.14. The molecule has 0 radical (unpaired) electrons. The topological polar surface area (TPSA) is 3.24 Å². The van der Waals surface area contributed by atoms with Crippen LogP contribution in [0.4, 0.5) is 0 Å². The fourth-order valence-corrected chi connectivity index (χ4v) is 0.784. The Bertz CT molecular complexity index is 110. The summed E-state index contributed by atoms with van der Waals surface area (Å²) >= 11 is 5.37. The highest BCUT2D eigenvalue weighted by Gasteiger charge is 1.93. The van der Waals surface area contributed by atoms with Crippen LogP contribution in [-0.4, -0.2) is 24.5 Å². The van der Waals surface area contributed by atoms with Crippen LogP contribution < -0.4 is 0 Å². The molecular formula is C8H14ClN. The van der Waals surface area contributed by atoms with Crippen molar-refractivity contribution < 1.29 is 0 Å². The first-order valence-electron chi connectivity index (χ1n) is 3.43. The van der Waals surface area contributed by atoms with E-state index >= 15 is 0 Å². The Morgan fingerprint density at radius 1 is 1.50 bits per heavy atom. The van der Waals surface area contributed by atoms with E-state index in [9.17, 15) is 0 Å². The summed E-state index contributed by atoms with van der Waals surface area (Å²) in [5.41, 5.74) is 1.55. The zero-order valence-electron chi connectivity index (χ0n) is 6.39. The minimum atomic E-state index is 0.909. The van der Waals surface area contributed by atoms with E-state index in [4.69, 9.17) is 11.6 Å². The van der Waals surface area contributed by atoms with Crippen LogP contribution >= 0.6 is 11.6 Å². The van der Waals surface area contributed by atoms with Gasteiger partial charge in [-0.2, -0.15) is 0 Å². The molecule has 10 heavy (non-hydrogen) atoms. The fourth-order valence-electron chi connectivity index (χ4n) is 0.704. The van der Waals surface area contributed by atoms with Gasteiger partial charge in [0.05, 0.1) is 0 Å². The molecule has 0 aromatic heterocycles. The summed E-state index contributed by atoms with van der Waals surface area (Å²) in [7, 11) is 0. The van der Waals surface area contributed by atoms with E-state index in [-0.39, 0.29) is 0 Å². The van der Waals surface area contributed by atoms with Crippen molar-refractivity contribution in [2.45, 2.75) is 6.92 Å². The van der Waals surface area contributed by atoms with Crippen molar-refractivity contribution in [1.82, 2.24) is 4.90 Å². The van der Waals surface area contributed by atoms with Crippen LogP contribution in [0.3, 0.4) is 0 Å². The van der Waals surface area contributed by atoms with E-state index < -0.39 is 0 Å². The molecule has 0 N–H and O–H groups in total. The van der Waals surface area contributed by atoms with Crippen molar-refractivity contribution in [2.75, 3.05) is 19.6 Å². The van der Waals surface area contributed by atoms with E-state index in [2.05, 4.69) is 18.4 Å². The van der Waals surface area contributed by atoms with Gasteiger partial charge in [-0.25, -0.2) is 0 Å². The number of hydrogen-bond donors (Lipinski definition) is 0. The van der Waals surface area contributed by atoms with E-state index in [0.717, 1.165) is 19.6 Å². The Morgan fingerprint density at radius 3 is 2.60 bits per heavy atom. The van der Waals surface area contributed by atoms with E-state index in [1.807, 2.05) is 12.2 Å². The van der Waals surface area contributed by atoms with Crippen LogP contribution in [0.15, 0.2) is 24.3 Å². The number of halogens is 1. The lowest BCUT2D eigenvalue weighted by Gasteiger charge is -2.14. The van der Waals surface area contributed by atoms with Gasteiger partial charge >= 0.3 is 0 Å². The first kappa shape index (κ1) is 9.73. The highest BCUT2D eigenvalue weighted by Crippen LogP contribution is 1.89. The zero-order chi connectivity index (χ0) is 7.82.